The smallest absolute Gasteiger partial charge is 0.270 e. The van der Waals surface area contributed by atoms with Gasteiger partial charge in [0.2, 0.25) is 0 Å². The number of aromatic nitrogens is 4. The molecular formula is C27H19Cl4N5OS2. The number of hydrogen-bond acceptors (Lipinski definition) is 6. The van der Waals surface area contributed by atoms with Crippen LogP contribution in [0.15, 0.2) is 77.3 Å². The third-order valence-corrected chi connectivity index (χ3v) is 8.74. The van der Waals surface area contributed by atoms with Crippen LogP contribution in [-0.4, -0.2) is 32.2 Å². The Labute approximate surface area is 253 Å². The molecule has 0 spiro atoms. The van der Waals surface area contributed by atoms with Gasteiger partial charge in [-0.15, -0.1) is 21.5 Å². The van der Waals surface area contributed by atoms with Crippen molar-refractivity contribution in [1.29, 1.82) is 0 Å². The molecule has 12 heteroatoms. The maximum Gasteiger partial charge on any atom is 0.270 e. The lowest BCUT2D eigenvalue weighted by molar-refractivity contribution is 0.0949. The van der Waals surface area contributed by atoms with Gasteiger partial charge >= 0.3 is 0 Å². The van der Waals surface area contributed by atoms with Crippen LogP contribution >= 0.6 is 69.5 Å². The molecule has 5 aromatic rings. The molecule has 6 nitrogen and oxygen atoms in total. The van der Waals surface area contributed by atoms with Gasteiger partial charge in [-0.3, -0.25) is 9.36 Å². The number of rotatable bonds is 9. The quantitative estimate of drug-likeness (QED) is 0.165. The second-order valence-corrected chi connectivity index (χ2v) is 11.8. The van der Waals surface area contributed by atoms with Gasteiger partial charge in [0.25, 0.3) is 5.91 Å². The van der Waals surface area contributed by atoms with E-state index in [0.717, 1.165) is 21.8 Å². The number of benzene rings is 3. The zero-order chi connectivity index (χ0) is 27.4. The Hall–Kier alpha value is -2.59. The number of thiazole rings is 1. The van der Waals surface area contributed by atoms with Crippen molar-refractivity contribution in [3.63, 3.8) is 0 Å². The highest BCUT2D eigenvalue weighted by Gasteiger charge is 2.19. The number of carbonyl (C=O) groups excluding carboxylic acids is 1. The summed E-state index contributed by atoms with van der Waals surface area (Å²) < 4.78 is 1.92. The van der Waals surface area contributed by atoms with E-state index in [2.05, 4.69) is 20.5 Å². The molecule has 5 rings (SSSR count). The van der Waals surface area contributed by atoms with Gasteiger partial charge in [-0.05, 0) is 54.4 Å². The van der Waals surface area contributed by atoms with Crippen molar-refractivity contribution in [3.05, 3.63) is 108 Å². The minimum absolute atomic E-state index is 0.240. The maximum absolute atomic E-state index is 12.6. The zero-order valence-corrected chi connectivity index (χ0v) is 24.7. The molecule has 3 aromatic carbocycles. The molecule has 0 bridgehead atoms. The van der Waals surface area contributed by atoms with Crippen molar-refractivity contribution >= 4 is 75.4 Å². The summed E-state index contributed by atoms with van der Waals surface area (Å²) in [4.78, 5) is 17.2. The van der Waals surface area contributed by atoms with Crippen LogP contribution in [0.2, 0.25) is 20.1 Å². The van der Waals surface area contributed by atoms with Crippen molar-refractivity contribution in [2.75, 3.05) is 6.54 Å². The average Bonchev–Trinajstić information content (AvgIpc) is 3.56. The summed E-state index contributed by atoms with van der Waals surface area (Å²) in [5.74, 6) is 0.862. The molecule has 0 aliphatic heterocycles. The zero-order valence-electron chi connectivity index (χ0n) is 20.1. The number of carbonyl (C=O) groups is 1. The first-order chi connectivity index (χ1) is 18.9. The number of thioether (sulfide) groups is 1. The molecule has 2 heterocycles. The monoisotopic (exact) mass is 633 g/mol. The molecule has 0 aliphatic rings. The number of halogens is 4. The van der Waals surface area contributed by atoms with Crippen LogP contribution in [0.4, 0.5) is 0 Å². The van der Waals surface area contributed by atoms with Crippen molar-refractivity contribution < 1.29 is 4.79 Å². The fraction of sp³-hybridized carbons (Fsp3) is 0.111. The van der Waals surface area contributed by atoms with Crippen molar-refractivity contribution in [3.8, 4) is 17.1 Å². The molecule has 0 radical (unpaired) electrons. The second-order valence-electron chi connectivity index (χ2n) is 8.26. The molecular weight excluding hydrogens is 616 g/mol. The Morgan fingerprint density at radius 3 is 2.54 bits per heavy atom. The van der Waals surface area contributed by atoms with Gasteiger partial charge in [-0.2, -0.15) is 0 Å². The minimum Gasteiger partial charge on any atom is -0.350 e. The molecule has 0 atom stereocenters. The van der Waals surface area contributed by atoms with E-state index >= 15 is 0 Å². The van der Waals surface area contributed by atoms with Crippen LogP contribution in [-0.2, 0) is 12.2 Å². The molecule has 0 saturated carbocycles. The summed E-state index contributed by atoms with van der Waals surface area (Å²) in [7, 11) is 0. The van der Waals surface area contributed by atoms with Gasteiger partial charge in [-0.25, -0.2) is 4.98 Å². The first-order valence-electron chi connectivity index (χ1n) is 11.6. The second kappa shape index (κ2) is 12.7. The standard InChI is InChI=1S/C27H19Cl4N5OS2/c28-17-4-3-5-19(12-17)36-25(20-6-1-2-7-21(20)30)34-35-27(36)39-15-24-33-23(14-38-24)26(37)32-11-10-16-8-9-18(29)13-22(16)31/h1-9,12-14H,10-11,15H2,(H,32,37). The van der Waals surface area contributed by atoms with Crippen LogP contribution in [0.3, 0.4) is 0 Å². The topological polar surface area (TPSA) is 72.7 Å². The van der Waals surface area contributed by atoms with E-state index in [1.807, 2.05) is 59.2 Å². The van der Waals surface area contributed by atoms with Crippen LogP contribution in [0.25, 0.3) is 17.1 Å². The lowest BCUT2D eigenvalue weighted by Gasteiger charge is -2.11. The normalized spacial score (nSPS) is 11.1. The highest BCUT2D eigenvalue weighted by molar-refractivity contribution is 7.98. The Kier molecular flexibility index (Phi) is 9.12. The SMILES string of the molecule is O=C(NCCc1ccc(Cl)cc1Cl)c1csc(CSc2nnc(-c3ccccc3Cl)n2-c2cccc(Cl)c2)n1. The minimum atomic E-state index is -0.240. The predicted molar refractivity (Wildman–Crippen MR) is 161 cm³/mol. The third-order valence-electron chi connectivity index (χ3n) is 5.62. The van der Waals surface area contributed by atoms with Gasteiger partial charge in [0.05, 0.1) is 16.5 Å². The van der Waals surface area contributed by atoms with Gasteiger partial charge < -0.3 is 5.32 Å². The molecule has 198 valence electrons. The summed E-state index contributed by atoms with van der Waals surface area (Å²) in [6, 6.07) is 20.3. The predicted octanol–water partition coefficient (Wildman–Crippen LogP) is 8.27. The van der Waals surface area contributed by atoms with E-state index in [0.29, 0.717) is 55.5 Å². The lowest BCUT2D eigenvalue weighted by Crippen LogP contribution is -2.26. The Morgan fingerprint density at radius 2 is 1.74 bits per heavy atom. The van der Waals surface area contributed by atoms with Crippen molar-refractivity contribution in [2.45, 2.75) is 17.3 Å². The van der Waals surface area contributed by atoms with Gasteiger partial charge in [-0.1, -0.05) is 82.4 Å². The maximum atomic E-state index is 12.6. The fourth-order valence-electron chi connectivity index (χ4n) is 3.76. The van der Waals surface area contributed by atoms with E-state index < -0.39 is 0 Å². The Morgan fingerprint density at radius 1 is 0.923 bits per heavy atom. The Balaban J connectivity index is 1.28. The molecule has 0 saturated heterocycles. The van der Waals surface area contributed by atoms with E-state index in [4.69, 9.17) is 46.4 Å². The Bertz CT molecular complexity index is 1640. The van der Waals surface area contributed by atoms with Crippen molar-refractivity contribution in [1.82, 2.24) is 25.1 Å². The first-order valence-corrected chi connectivity index (χ1v) is 15.0. The molecule has 1 amide bonds. The van der Waals surface area contributed by atoms with Crippen molar-refractivity contribution in [2.24, 2.45) is 0 Å². The highest BCUT2D eigenvalue weighted by Crippen LogP contribution is 2.34. The summed E-state index contributed by atoms with van der Waals surface area (Å²) in [6.45, 7) is 0.426. The molecule has 2 aromatic heterocycles. The van der Waals surface area contributed by atoms with E-state index in [9.17, 15) is 4.79 Å². The molecule has 39 heavy (non-hydrogen) atoms. The highest BCUT2D eigenvalue weighted by atomic mass is 35.5. The summed E-state index contributed by atoms with van der Waals surface area (Å²) in [5, 5.41) is 17.3. The largest absolute Gasteiger partial charge is 0.350 e. The molecule has 0 fully saturated rings. The van der Waals surface area contributed by atoms with E-state index in [1.54, 1.807) is 17.5 Å². The van der Waals surface area contributed by atoms with Crippen LogP contribution in [0.5, 0.6) is 0 Å². The molecule has 1 N–H and O–H groups in total. The fourth-order valence-corrected chi connectivity index (χ4v) is 6.41. The number of nitrogens with zero attached hydrogens (tertiary/aromatic N) is 4. The number of nitrogens with one attached hydrogen (secondary N) is 1. The molecule has 0 aliphatic carbocycles. The van der Waals surface area contributed by atoms with Crippen LogP contribution in [0, 0.1) is 0 Å². The average molecular weight is 635 g/mol. The van der Waals surface area contributed by atoms with Gasteiger partial charge in [0.15, 0.2) is 11.0 Å². The number of hydrogen-bond donors (Lipinski definition) is 1. The molecule has 0 unspecified atom stereocenters. The van der Waals surface area contributed by atoms with E-state index in [1.165, 1.54) is 23.1 Å². The summed E-state index contributed by atoms with van der Waals surface area (Å²) >= 11 is 27.8. The van der Waals surface area contributed by atoms with Gasteiger partial charge in [0.1, 0.15) is 10.7 Å². The third kappa shape index (κ3) is 6.77. The van der Waals surface area contributed by atoms with E-state index in [-0.39, 0.29) is 5.91 Å². The van der Waals surface area contributed by atoms with Crippen LogP contribution < -0.4 is 5.32 Å². The van der Waals surface area contributed by atoms with Crippen LogP contribution in [0.1, 0.15) is 21.1 Å². The summed E-state index contributed by atoms with van der Waals surface area (Å²) in [6.07, 6.45) is 0.585. The lowest BCUT2D eigenvalue weighted by atomic mass is 10.1. The van der Waals surface area contributed by atoms with Gasteiger partial charge in [0, 0.05) is 32.6 Å². The number of amides is 1. The first kappa shape index (κ1) is 28.0. The summed E-state index contributed by atoms with van der Waals surface area (Å²) in [5.41, 5.74) is 2.85.